The van der Waals surface area contributed by atoms with Gasteiger partial charge < -0.3 is 10.5 Å². The number of hydrogen-bond acceptors (Lipinski definition) is 6. The van der Waals surface area contributed by atoms with E-state index in [0.717, 1.165) is 30.4 Å². The fourth-order valence-electron chi connectivity index (χ4n) is 1.56. The molecule has 0 unspecified atom stereocenters. The highest BCUT2D eigenvalue weighted by atomic mass is 32.1. The maximum absolute atomic E-state index is 5.77. The summed E-state index contributed by atoms with van der Waals surface area (Å²) in [5.41, 5.74) is 6.68. The number of hydrogen-bond donors (Lipinski definition) is 1. The van der Waals surface area contributed by atoms with Crippen LogP contribution in [-0.4, -0.2) is 40.8 Å². The first kappa shape index (κ1) is 10.8. The molecule has 0 radical (unpaired) electrons. The number of nitrogens with zero attached hydrogens (tertiary/aromatic N) is 3. The van der Waals surface area contributed by atoms with Crippen molar-refractivity contribution in [1.82, 2.24) is 14.5 Å². The molecule has 0 spiro atoms. The van der Waals surface area contributed by atoms with E-state index in [1.807, 2.05) is 0 Å². The Morgan fingerprint density at radius 3 is 2.93 bits per heavy atom. The van der Waals surface area contributed by atoms with Crippen molar-refractivity contribution in [3.8, 4) is 0 Å². The molecule has 0 atom stereocenters. The van der Waals surface area contributed by atoms with E-state index in [2.05, 4.69) is 14.5 Å². The summed E-state index contributed by atoms with van der Waals surface area (Å²) < 4.78 is 8.94. The molecule has 5 nitrogen and oxygen atoms in total. The van der Waals surface area contributed by atoms with Gasteiger partial charge in [0.05, 0.1) is 6.61 Å². The lowest BCUT2D eigenvalue weighted by molar-refractivity contribution is 0.139. The number of aromatic nitrogens is 2. The van der Waals surface area contributed by atoms with Crippen molar-refractivity contribution >= 4 is 16.5 Å². The summed E-state index contributed by atoms with van der Waals surface area (Å²) in [6, 6.07) is 0.696. The zero-order valence-electron chi connectivity index (χ0n) is 8.85. The molecule has 2 N–H and O–H groups in total. The normalized spacial score (nSPS) is 16.1. The minimum atomic E-state index is 0.696. The minimum Gasteiger partial charge on any atom is -0.388 e. The molecule has 0 bridgehead atoms. The second-order valence-electron chi connectivity index (χ2n) is 3.78. The monoisotopic (exact) mass is 228 g/mol. The molecule has 1 aliphatic rings. The minimum absolute atomic E-state index is 0.696. The summed E-state index contributed by atoms with van der Waals surface area (Å²) in [4.78, 5) is 2.37. The average Bonchev–Trinajstić information content (AvgIpc) is 2.99. The maximum Gasteiger partial charge on any atom is 0.132 e. The van der Waals surface area contributed by atoms with Crippen LogP contribution in [0.2, 0.25) is 0 Å². The Labute approximate surface area is 93.4 Å². The molecular weight excluding hydrogens is 212 g/mol. The molecule has 2 rings (SSSR count). The molecule has 0 amide bonds. The Morgan fingerprint density at radius 2 is 2.40 bits per heavy atom. The topological polar surface area (TPSA) is 64.3 Å². The number of rotatable bonds is 6. The van der Waals surface area contributed by atoms with Crippen LogP contribution in [0.4, 0.5) is 5.00 Å². The van der Waals surface area contributed by atoms with Gasteiger partial charge in [0.25, 0.3) is 0 Å². The molecule has 6 heteroatoms. The SMILES string of the molecule is COCCN(Cc1nnsc1N)C1CC1. The molecule has 1 aromatic heterocycles. The second-order valence-corrected chi connectivity index (χ2v) is 4.56. The van der Waals surface area contributed by atoms with Gasteiger partial charge in [-0.3, -0.25) is 4.90 Å². The van der Waals surface area contributed by atoms with E-state index < -0.39 is 0 Å². The average molecular weight is 228 g/mol. The molecule has 0 aromatic carbocycles. The van der Waals surface area contributed by atoms with Crippen LogP contribution in [0.25, 0.3) is 0 Å². The van der Waals surface area contributed by atoms with Crippen molar-refractivity contribution in [2.75, 3.05) is 26.0 Å². The molecule has 15 heavy (non-hydrogen) atoms. The molecule has 0 saturated heterocycles. The van der Waals surface area contributed by atoms with Crippen molar-refractivity contribution in [3.63, 3.8) is 0 Å². The van der Waals surface area contributed by atoms with Crippen LogP contribution in [0.15, 0.2) is 0 Å². The fourth-order valence-corrected chi connectivity index (χ4v) is 1.99. The quantitative estimate of drug-likeness (QED) is 0.777. The molecule has 1 aromatic rings. The Balaban J connectivity index is 1.91. The van der Waals surface area contributed by atoms with E-state index in [1.165, 1.54) is 24.4 Å². The van der Waals surface area contributed by atoms with Gasteiger partial charge in [-0.05, 0) is 12.8 Å². The molecule has 1 fully saturated rings. The Bertz CT molecular complexity index is 313. The number of nitrogens with two attached hydrogens (primary N) is 1. The van der Waals surface area contributed by atoms with E-state index in [4.69, 9.17) is 10.5 Å². The summed E-state index contributed by atoms with van der Waals surface area (Å²) >= 11 is 1.26. The Kier molecular flexibility index (Phi) is 3.50. The third-order valence-electron chi connectivity index (χ3n) is 2.58. The van der Waals surface area contributed by atoms with Crippen molar-refractivity contribution in [2.45, 2.75) is 25.4 Å². The third kappa shape index (κ3) is 2.87. The van der Waals surface area contributed by atoms with Gasteiger partial charge >= 0.3 is 0 Å². The van der Waals surface area contributed by atoms with E-state index >= 15 is 0 Å². The summed E-state index contributed by atoms with van der Waals surface area (Å²) in [6.45, 7) is 2.50. The van der Waals surface area contributed by atoms with Gasteiger partial charge in [0, 0.05) is 37.8 Å². The van der Waals surface area contributed by atoms with Crippen LogP contribution >= 0.6 is 11.5 Å². The van der Waals surface area contributed by atoms with Crippen LogP contribution in [0.3, 0.4) is 0 Å². The molecular formula is C9H16N4OS. The van der Waals surface area contributed by atoms with Crippen LogP contribution in [0, 0.1) is 0 Å². The predicted octanol–water partition coefficient (Wildman–Crippen LogP) is 0.731. The van der Waals surface area contributed by atoms with Gasteiger partial charge in [0.15, 0.2) is 0 Å². The van der Waals surface area contributed by atoms with Crippen molar-refractivity contribution in [1.29, 1.82) is 0 Å². The first-order chi connectivity index (χ1) is 7.31. The first-order valence-electron chi connectivity index (χ1n) is 5.11. The summed E-state index contributed by atoms with van der Waals surface area (Å²) in [6.07, 6.45) is 2.56. The Morgan fingerprint density at radius 1 is 1.60 bits per heavy atom. The fraction of sp³-hybridized carbons (Fsp3) is 0.778. The highest BCUT2D eigenvalue weighted by Gasteiger charge is 2.29. The van der Waals surface area contributed by atoms with Crippen molar-refractivity contribution in [3.05, 3.63) is 5.69 Å². The van der Waals surface area contributed by atoms with E-state index in [0.29, 0.717) is 6.04 Å². The molecule has 1 saturated carbocycles. The van der Waals surface area contributed by atoms with Crippen LogP contribution in [-0.2, 0) is 11.3 Å². The van der Waals surface area contributed by atoms with Crippen molar-refractivity contribution in [2.24, 2.45) is 0 Å². The number of nitrogen functional groups attached to an aromatic ring is 1. The zero-order valence-corrected chi connectivity index (χ0v) is 9.66. The lowest BCUT2D eigenvalue weighted by atomic mass is 10.3. The van der Waals surface area contributed by atoms with Crippen LogP contribution < -0.4 is 5.73 Å². The van der Waals surface area contributed by atoms with Gasteiger partial charge in [-0.15, -0.1) is 5.10 Å². The third-order valence-corrected chi connectivity index (χ3v) is 3.18. The van der Waals surface area contributed by atoms with E-state index in [9.17, 15) is 0 Å². The molecule has 1 heterocycles. The van der Waals surface area contributed by atoms with Gasteiger partial charge in [0.1, 0.15) is 10.7 Å². The largest absolute Gasteiger partial charge is 0.388 e. The van der Waals surface area contributed by atoms with E-state index in [-0.39, 0.29) is 0 Å². The summed E-state index contributed by atoms with van der Waals surface area (Å²) in [5.74, 6) is 0. The van der Waals surface area contributed by atoms with Gasteiger partial charge in [-0.25, -0.2) is 0 Å². The maximum atomic E-state index is 5.77. The number of methoxy groups -OCH3 is 1. The predicted molar refractivity (Wildman–Crippen MR) is 59.6 cm³/mol. The second kappa shape index (κ2) is 4.87. The smallest absolute Gasteiger partial charge is 0.132 e. The molecule has 84 valence electrons. The van der Waals surface area contributed by atoms with Gasteiger partial charge in [-0.2, -0.15) is 0 Å². The lowest BCUT2D eigenvalue weighted by Crippen LogP contribution is -2.29. The van der Waals surface area contributed by atoms with E-state index in [1.54, 1.807) is 7.11 Å². The van der Waals surface area contributed by atoms with Gasteiger partial charge in [0.2, 0.25) is 0 Å². The number of ether oxygens (including phenoxy) is 1. The van der Waals surface area contributed by atoms with Crippen molar-refractivity contribution < 1.29 is 4.74 Å². The lowest BCUT2D eigenvalue weighted by Gasteiger charge is -2.20. The Hall–Kier alpha value is -0.720. The highest BCUT2D eigenvalue weighted by molar-refractivity contribution is 7.09. The molecule has 1 aliphatic carbocycles. The number of anilines is 1. The highest BCUT2D eigenvalue weighted by Crippen LogP contribution is 2.28. The van der Waals surface area contributed by atoms with Gasteiger partial charge in [-0.1, -0.05) is 4.49 Å². The zero-order chi connectivity index (χ0) is 10.7. The summed E-state index contributed by atoms with van der Waals surface area (Å²) in [7, 11) is 1.73. The standard InChI is InChI=1S/C9H16N4OS/c1-14-5-4-13(7-2-3-7)6-8-9(10)15-12-11-8/h7H,2-6,10H2,1H3. The summed E-state index contributed by atoms with van der Waals surface area (Å²) in [5, 5.41) is 4.77. The molecule has 0 aliphatic heterocycles. The first-order valence-corrected chi connectivity index (χ1v) is 5.88. The van der Waals surface area contributed by atoms with Crippen LogP contribution in [0.5, 0.6) is 0 Å². The van der Waals surface area contributed by atoms with Crippen LogP contribution in [0.1, 0.15) is 18.5 Å².